The Balaban J connectivity index is 1.99. The van der Waals surface area contributed by atoms with Gasteiger partial charge in [-0.2, -0.15) is 5.21 Å². The van der Waals surface area contributed by atoms with E-state index >= 15 is 0 Å². The number of carbonyl (C=O) groups is 1. The van der Waals surface area contributed by atoms with Crippen molar-refractivity contribution in [3.63, 3.8) is 0 Å². The second-order valence-electron chi connectivity index (χ2n) is 3.43. The Labute approximate surface area is 110 Å². The molecule has 6 nitrogen and oxygen atoms in total. The topological polar surface area (TPSA) is 83.6 Å². The number of nitrogens with one attached hydrogen (secondary N) is 2. The highest BCUT2D eigenvalue weighted by atomic mass is 35.5. The fourth-order valence-electron chi connectivity index (χ4n) is 1.53. The van der Waals surface area contributed by atoms with Crippen LogP contribution in [0.2, 0.25) is 5.02 Å². The molecule has 3 aromatic rings. The Kier molecular flexibility index (Phi) is 2.69. The van der Waals surface area contributed by atoms with Gasteiger partial charge in [0, 0.05) is 10.1 Å². The van der Waals surface area contributed by atoms with Crippen molar-refractivity contribution in [1.82, 2.24) is 20.6 Å². The van der Waals surface area contributed by atoms with E-state index in [1.165, 1.54) is 11.3 Å². The number of carbonyl (C=O) groups excluding carboxylic acids is 1. The van der Waals surface area contributed by atoms with Gasteiger partial charge in [-0.15, -0.1) is 16.4 Å². The smallest absolute Gasteiger partial charge is 0.270 e. The number of fused-ring (bicyclic) bond motifs is 1. The Hall–Kier alpha value is -1.99. The molecule has 0 aliphatic heterocycles. The standard InChI is InChI=1S/C10H6ClN5OS/c11-7-5-3-1-2-4-6(5)18-8(7)9(17)12-10-13-15-16-14-10/h1-4H,(H2,12,13,14,15,16,17). The van der Waals surface area contributed by atoms with Crippen LogP contribution >= 0.6 is 22.9 Å². The highest BCUT2D eigenvalue weighted by molar-refractivity contribution is 7.21. The molecule has 2 N–H and O–H groups in total. The van der Waals surface area contributed by atoms with Gasteiger partial charge in [0.1, 0.15) is 4.88 Å². The maximum atomic E-state index is 12.0. The van der Waals surface area contributed by atoms with Crippen molar-refractivity contribution >= 4 is 44.9 Å². The predicted octanol–water partition coefficient (Wildman–Crippen LogP) is 2.32. The predicted molar refractivity (Wildman–Crippen MR) is 69.0 cm³/mol. The maximum absolute atomic E-state index is 12.0. The molecule has 0 saturated carbocycles. The molecule has 2 aromatic heterocycles. The molecule has 1 amide bonds. The maximum Gasteiger partial charge on any atom is 0.270 e. The third-order valence-corrected chi connectivity index (χ3v) is 3.99. The van der Waals surface area contributed by atoms with E-state index in [9.17, 15) is 4.79 Å². The Morgan fingerprint density at radius 1 is 1.39 bits per heavy atom. The molecular weight excluding hydrogens is 274 g/mol. The van der Waals surface area contributed by atoms with Gasteiger partial charge in [-0.05, 0) is 11.3 Å². The lowest BCUT2D eigenvalue weighted by molar-refractivity contribution is 0.103. The molecule has 0 saturated heterocycles. The van der Waals surface area contributed by atoms with Crippen molar-refractivity contribution in [2.24, 2.45) is 0 Å². The molecular formula is C10H6ClN5OS. The monoisotopic (exact) mass is 279 g/mol. The molecule has 0 atom stereocenters. The van der Waals surface area contributed by atoms with Gasteiger partial charge in [0.2, 0.25) is 0 Å². The second kappa shape index (κ2) is 4.35. The number of tetrazole rings is 1. The summed E-state index contributed by atoms with van der Waals surface area (Å²) in [6.07, 6.45) is 0. The normalized spacial score (nSPS) is 10.7. The lowest BCUT2D eigenvalue weighted by atomic mass is 10.2. The van der Waals surface area contributed by atoms with E-state index < -0.39 is 0 Å². The van der Waals surface area contributed by atoms with Crippen molar-refractivity contribution in [2.75, 3.05) is 5.32 Å². The van der Waals surface area contributed by atoms with Crippen molar-refractivity contribution in [3.05, 3.63) is 34.2 Å². The second-order valence-corrected chi connectivity index (χ2v) is 4.86. The first-order valence-electron chi connectivity index (χ1n) is 4.97. The van der Waals surface area contributed by atoms with Gasteiger partial charge in [-0.25, -0.2) is 0 Å². The average Bonchev–Trinajstić information content (AvgIpc) is 2.98. The zero-order valence-electron chi connectivity index (χ0n) is 8.85. The summed E-state index contributed by atoms with van der Waals surface area (Å²) in [6.45, 7) is 0. The van der Waals surface area contributed by atoms with Crippen LogP contribution in [-0.2, 0) is 0 Å². The minimum Gasteiger partial charge on any atom is -0.287 e. The summed E-state index contributed by atoms with van der Waals surface area (Å²) < 4.78 is 0.959. The number of thiophene rings is 1. The van der Waals surface area contributed by atoms with Gasteiger partial charge >= 0.3 is 0 Å². The zero-order valence-corrected chi connectivity index (χ0v) is 10.4. The number of nitrogens with zero attached hydrogens (tertiary/aromatic N) is 3. The number of hydrogen-bond acceptors (Lipinski definition) is 5. The molecule has 0 unspecified atom stereocenters. The van der Waals surface area contributed by atoms with Gasteiger partial charge in [-0.1, -0.05) is 34.9 Å². The summed E-state index contributed by atoms with van der Waals surface area (Å²) in [4.78, 5) is 12.4. The first-order valence-corrected chi connectivity index (χ1v) is 6.17. The quantitative estimate of drug-likeness (QED) is 0.754. The van der Waals surface area contributed by atoms with Gasteiger partial charge < -0.3 is 0 Å². The lowest BCUT2D eigenvalue weighted by Crippen LogP contribution is -2.11. The minimum atomic E-state index is -0.345. The lowest BCUT2D eigenvalue weighted by Gasteiger charge is -1.97. The van der Waals surface area contributed by atoms with Gasteiger partial charge in [-0.3, -0.25) is 10.1 Å². The van der Waals surface area contributed by atoms with Crippen LogP contribution < -0.4 is 5.32 Å². The molecule has 18 heavy (non-hydrogen) atoms. The van der Waals surface area contributed by atoms with Crippen LogP contribution in [0.1, 0.15) is 9.67 Å². The van der Waals surface area contributed by atoms with Gasteiger partial charge in [0.15, 0.2) is 0 Å². The number of anilines is 1. The van der Waals surface area contributed by atoms with E-state index in [-0.39, 0.29) is 11.9 Å². The third kappa shape index (κ3) is 1.83. The van der Waals surface area contributed by atoms with E-state index in [1.54, 1.807) is 0 Å². The number of halogens is 1. The van der Waals surface area contributed by atoms with E-state index in [1.807, 2.05) is 24.3 Å². The van der Waals surface area contributed by atoms with Gasteiger partial charge in [0.05, 0.1) is 5.02 Å². The molecule has 2 heterocycles. The Morgan fingerprint density at radius 3 is 2.94 bits per heavy atom. The number of benzene rings is 1. The van der Waals surface area contributed by atoms with Crippen LogP contribution in [0.25, 0.3) is 10.1 Å². The fraction of sp³-hybridized carbons (Fsp3) is 0. The number of aromatic amines is 1. The molecule has 0 spiro atoms. The van der Waals surface area contributed by atoms with Crippen molar-refractivity contribution in [1.29, 1.82) is 0 Å². The highest BCUT2D eigenvalue weighted by Crippen LogP contribution is 2.35. The van der Waals surface area contributed by atoms with E-state index in [2.05, 4.69) is 25.9 Å². The number of amides is 1. The van der Waals surface area contributed by atoms with Crippen molar-refractivity contribution < 1.29 is 4.79 Å². The molecule has 0 radical (unpaired) electrons. The Bertz CT molecular complexity index is 708. The average molecular weight is 280 g/mol. The first-order chi connectivity index (χ1) is 8.75. The number of hydrogen-bond donors (Lipinski definition) is 2. The van der Waals surface area contributed by atoms with E-state index in [0.717, 1.165) is 10.1 Å². The number of H-pyrrole nitrogens is 1. The van der Waals surface area contributed by atoms with Crippen LogP contribution in [0.15, 0.2) is 24.3 Å². The molecule has 1 aromatic carbocycles. The molecule has 3 rings (SSSR count). The summed E-state index contributed by atoms with van der Waals surface area (Å²) in [7, 11) is 0. The minimum absolute atomic E-state index is 0.119. The molecule has 90 valence electrons. The molecule has 0 bridgehead atoms. The SMILES string of the molecule is O=C(Nc1nn[nH]n1)c1sc2ccccc2c1Cl. The fourth-order valence-corrected chi connectivity index (χ4v) is 2.95. The van der Waals surface area contributed by atoms with Crippen LogP contribution in [0.5, 0.6) is 0 Å². The Morgan fingerprint density at radius 2 is 2.22 bits per heavy atom. The van der Waals surface area contributed by atoms with E-state index in [0.29, 0.717) is 9.90 Å². The van der Waals surface area contributed by atoms with E-state index in [4.69, 9.17) is 11.6 Å². The summed E-state index contributed by atoms with van der Waals surface area (Å²) in [5, 5.41) is 16.7. The summed E-state index contributed by atoms with van der Waals surface area (Å²) >= 11 is 7.50. The van der Waals surface area contributed by atoms with Gasteiger partial charge in [0.25, 0.3) is 11.9 Å². The molecule has 8 heteroatoms. The highest BCUT2D eigenvalue weighted by Gasteiger charge is 2.17. The summed E-state index contributed by atoms with van der Waals surface area (Å²) in [5.41, 5.74) is 0. The van der Waals surface area contributed by atoms with Crippen molar-refractivity contribution in [3.8, 4) is 0 Å². The van der Waals surface area contributed by atoms with Crippen LogP contribution in [0, 0.1) is 0 Å². The van der Waals surface area contributed by atoms with Crippen LogP contribution in [-0.4, -0.2) is 26.5 Å². The summed E-state index contributed by atoms with van der Waals surface area (Å²) in [6, 6.07) is 7.56. The molecule has 0 fully saturated rings. The molecule has 0 aliphatic rings. The third-order valence-electron chi connectivity index (χ3n) is 2.31. The van der Waals surface area contributed by atoms with Crippen LogP contribution in [0.3, 0.4) is 0 Å². The van der Waals surface area contributed by atoms with Crippen molar-refractivity contribution in [2.45, 2.75) is 0 Å². The van der Waals surface area contributed by atoms with Crippen LogP contribution in [0.4, 0.5) is 5.95 Å². The zero-order chi connectivity index (χ0) is 12.5. The number of aromatic nitrogens is 4. The largest absolute Gasteiger partial charge is 0.287 e. The first kappa shape index (κ1) is 11.1. The molecule has 0 aliphatic carbocycles. The summed E-state index contributed by atoms with van der Waals surface area (Å²) in [5.74, 6) is -0.226. The number of rotatable bonds is 2.